The van der Waals surface area contributed by atoms with Crippen molar-refractivity contribution in [1.82, 2.24) is 10.2 Å². The first-order valence-electron chi connectivity index (χ1n) is 7.17. The molecular weight excluding hydrogens is 364 g/mol. The van der Waals surface area contributed by atoms with Crippen LogP contribution in [0.15, 0.2) is 29.2 Å². The van der Waals surface area contributed by atoms with Crippen molar-refractivity contribution in [3.05, 3.63) is 24.3 Å². The number of sulfone groups is 1. The average molecular weight is 384 g/mol. The van der Waals surface area contributed by atoms with E-state index in [1.54, 1.807) is 0 Å². The molecular formula is C14H20ClF2N3O3S. The smallest absolute Gasteiger partial charge is 0.325 e. The van der Waals surface area contributed by atoms with E-state index in [0.717, 1.165) is 31.8 Å². The van der Waals surface area contributed by atoms with Gasteiger partial charge in [0.2, 0.25) is 15.7 Å². The Hall–Kier alpha value is -1.29. The molecule has 1 saturated heterocycles. The van der Waals surface area contributed by atoms with E-state index in [1.807, 2.05) is 11.8 Å². The van der Waals surface area contributed by atoms with E-state index in [0.29, 0.717) is 5.69 Å². The fraction of sp³-hybridized carbons (Fsp3) is 0.500. The predicted molar refractivity (Wildman–Crippen MR) is 89.4 cm³/mol. The minimum absolute atomic E-state index is 0. The van der Waals surface area contributed by atoms with Crippen molar-refractivity contribution >= 4 is 33.8 Å². The summed E-state index contributed by atoms with van der Waals surface area (Å²) in [5, 5.41) is 5.86. The van der Waals surface area contributed by atoms with Gasteiger partial charge in [0.25, 0.3) is 0 Å². The molecule has 0 aromatic heterocycles. The topological polar surface area (TPSA) is 78.5 Å². The Morgan fingerprint density at radius 1 is 1.38 bits per heavy atom. The quantitative estimate of drug-likeness (QED) is 0.802. The molecule has 2 N–H and O–H groups in total. The molecule has 1 aromatic rings. The van der Waals surface area contributed by atoms with Crippen LogP contribution in [0.4, 0.5) is 14.5 Å². The van der Waals surface area contributed by atoms with Gasteiger partial charge in [0.05, 0.1) is 11.4 Å². The van der Waals surface area contributed by atoms with Crippen LogP contribution >= 0.6 is 12.4 Å². The summed E-state index contributed by atoms with van der Waals surface area (Å²) in [5.74, 6) is -3.69. The second-order valence-electron chi connectivity index (χ2n) is 5.40. The third kappa shape index (κ3) is 5.10. The van der Waals surface area contributed by atoms with Crippen molar-refractivity contribution in [2.75, 3.05) is 31.5 Å². The SMILES string of the molecule is C[C@@H]1CNCCN1CC(=O)Nc1ccc(S(=O)(=O)C(F)F)cc1.Cl. The molecule has 24 heavy (non-hydrogen) atoms. The van der Waals surface area contributed by atoms with Crippen molar-refractivity contribution in [1.29, 1.82) is 0 Å². The Balaban J connectivity index is 0.00000288. The lowest BCUT2D eigenvalue weighted by Gasteiger charge is -2.33. The number of halogens is 3. The molecule has 1 aliphatic heterocycles. The normalized spacial score (nSPS) is 18.9. The largest absolute Gasteiger partial charge is 0.341 e. The van der Waals surface area contributed by atoms with E-state index in [1.165, 1.54) is 12.1 Å². The molecule has 1 atom stereocenters. The molecule has 1 amide bonds. The van der Waals surface area contributed by atoms with Gasteiger partial charge in [-0.2, -0.15) is 8.78 Å². The third-order valence-electron chi connectivity index (χ3n) is 3.69. The van der Waals surface area contributed by atoms with Crippen LogP contribution in [0.2, 0.25) is 0 Å². The molecule has 2 rings (SSSR count). The highest BCUT2D eigenvalue weighted by molar-refractivity contribution is 7.91. The van der Waals surface area contributed by atoms with Crippen molar-refractivity contribution in [2.24, 2.45) is 0 Å². The first kappa shape index (κ1) is 20.8. The number of carbonyl (C=O) groups is 1. The van der Waals surface area contributed by atoms with Gasteiger partial charge in [-0.3, -0.25) is 9.69 Å². The number of carbonyl (C=O) groups excluding carboxylic acids is 1. The van der Waals surface area contributed by atoms with E-state index in [4.69, 9.17) is 0 Å². The second kappa shape index (κ2) is 8.70. The van der Waals surface area contributed by atoms with Crippen molar-refractivity contribution < 1.29 is 22.0 Å². The molecule has 0 spiro atoms. The summed E-state index contributed by atoms with van der Waals surface area (Å²) < 4.78 is 47.5. The highest BCUT2D eigenvalue weighted by atomic mass is 35.5. The molecule has 0 aliphatic carbocycles. The van der Waals surface area contributed by atoms with E-state index in [9.17, 15) is 22.0 Å². The molecule has 6 nitrogen and oxygen atoms in total. The zero-order valence-electron chi connectivity index (χ0n) is 13.0. The van der Waals surface area contributed by atoms with Gasteiger partial charge in [-0.05, 0) is 31.2 Å². The minimum Gasteiger partial charge on any atom is -0.325 e. The number of anilines is 1. The van der Waals surface area contributed by atoms with Crippen molar-refractivity contribution in [3.63, 3.8) is 0 Å². The molecule has 0 bridgehead atoms. The van der Waals surface area contributed by atoms with Gasteiger partial charge in [0.15, 0.2) is 0 Å². The molecule has 0 unspecified atom stereocenters. The van der Waals surface area contributed by atoms with E-state index in [2.05, 4.69) is 10.6 Å². The van der Waals surface area contributed by atoms with Crippen LogP contribution in [0.5, 0.6) is 0 Å². The van der Waals surface area contributed by atoms with Crippen LogP contribution in [0, 0.1) is 0 Å². The van der Waals surface area contributed by atoms with Gasteiger partial charge >= 0.3 is 5.76 Å². The number of hydrogen-bond donors (Lipinski definition) is 2. The maximum absolute atomic E-state index is 12.4. The van der Waals surface area contributed by atoms with E-state index >= 15 is 0 Å². The van der Waals surface area contributed by atoms with Gasteiger partial charge in [0.1, 0.15) is 0 Å². The van der Waals surface area contributed by atoms with Crippen LogP contribution < -0.4 is 10.6 Å². The number of benzene rings is 1. The molecule has 0 saturated carbocycles. The molecule has 136 valence electrons. The Morgan fingerprint density at radius 2 is 2.00 bits per heavy atom. The van der Waals surface area contributed by atoms with Gasteiger partial charge in [-0.25, -0.2) is 8.42 Å². The monoisotopic (exact) mass is 383 g/mol. The number of amides is 1. The molecule has 1 heterocycles. The number of piperazine rings is 1. The zero-order valence-corrected chi connectivity index (χ0v) is 14.7. The predicted octanol–water partition coefficient (Wildman–Crippen LogP) is 1.34. The van der Waals surface area contributed by atoms with Gasteiger partial charge in [0, 0.05) is 31.4 Å². The van der Waals surface area contributed by atoms with Gasteiger partial charge < -0.3 is 10.6 Å². The Labute approximate surface area is 145 Å². The number of hydrogen-bond acceptors (Lipinski definition) is 5. The van der Waals surface area contributed by atoms with Crippen LogP contribution in [0.3, 0.4) is 0 Å². The van der Waals surface area contributed by atoms with Crippen LogP contribution in [-0.2, 0) is 14.6 Å². The minimum atomic E-state index is -4.61. The first-order valence-corrected chi connectivity index (χ1v) is 8.72. The Kier molecular flexibility index (Phi) is 7.53. The lowest BCUT2D eigenvalue weighted by molar-refractivity contribution is -0.118. The lowest BCUT2D eigenvalue weighted by Crippen LogP contribution is -2.51. The summed E-state index contributed by atoms with van der Waals surface area (Å²) in [5.41, 5.74) is 0.367. The first-order chi connectivity index (χ1) is 10.8. The number of nitrogens with zero attached hydrogens (tertiary/aromatic N) is 1. The van der Waals surface area contributed by atoms with Crippen LogP contribution in [-0.4, -0.2) is 57.2 Å². The Bertz CT molecular complexity index is 656. The van der Waals surface area contributed by atoms with Crippen LogP contribution in [0.1, 0.15) is 6.92 Å². The maximum Gasteiger partial charge on any atom is 0.341 e. The van der Waals surface area contributed by atoms with Gasteiger partial charge in [-0.1, -0.05) is 0 Å². The van der Waals surface area contributed by atoms with E-state index < -0.39 is 20.5 Å². The standard InChI is InChI=1S/C14H19F2N3O3S.ClH/c1-10-8-17-6-7-19(10)9-13(20)18-11-2-4-12(5-3-11)23(21,22)14(15)16;/h2-5,10,14,17H,6-9H2,1H3,(H,18,20);1H/t10-;/m1./s1. The molecule has 1 aromatic carbocycles. The summed E-state index contributed by atoms with van der Waals surface area (Å²) in [7, 11) is -4.61. The number of nitrogens with one attached hydrogen (secondary N) is 2. The fourth-order valence-corrected chi connectivity index (χ4v) is 3.05. The molecule has 1 fully saturated rings. The summed E-state index contributed by atoms with van der Waals surface area (Å²) in [6, 6.07) is 4.96. The maximum atomic E-state index is 12.4. The fourth-order valence-electron chi connectivity index (χ4n) is 2.33. The second-order valence-corrected chi connectivity index (χ2v) is 7.32. The molecule has 10 heteroatoms. The summed E-state index contributed by atoms with van der Waals surface area (Å²) in [4.78, 5) is 13.6. The van der Waals surface area contributed by atoms with Crippen molar-refractivity contribution in [2.45, 2.75) is 23.6 Å². The Morgan fingerprint density at radius 3 is 2.54 bits per heavy atom. The zero-order chi connectivity index (χ0) is 17.0. The summed E-state index contributed by atoms with van der Waals surface area (Å²) in [6.45, 7) is 4.63. The number of alkyl halides is 2. The molecule has 1 aliphatic rings. The summed E-state index contributed by atoms with van der Waals surface area (Å²) >= 11 is 0. The average Bonchev–Trinajstić information content (AvgIpc) is 2.50. The summed E-state index contributed by atoms with van der Waals surface area (Å²) in [6.07, 6.45) is 0. The van der Waals surface area contributed by atoms with Crippen molar-refractivity contribution in [3.8, 4) is 0 Å². The number of rotatable bonds is 5. The van der Waals surface area contributed by atoms with Gasteiger partial charge in [-0.15, -0.1) is 12.4 Å². The van der Waals surface area contributed by atoms with Crippen LogP contribution in [0.25, 0.3) is 0 Å². The molecule has 0 radical (unpaired) electrons. The highest BCUT2D eigenvalue weighted by Crippen LogP contribution is 2.20. The third-order valence-corrected chi connectivity index (χ3v) is 5.09. The van der Waals surface area contributed by atoms with E-state index in [-0.39, 0.29) is 30.9 Å². The highest BCUT2D eigenvalue weighted by Gasteiger charge is 2.26. The lowest BCUT2D eigenvalue weighted by atomic mass is 10.2.